The minimum Gasteiger partial charge on any atom is -0.481 e. The maximum atomic E-state index is 12.5. The first kappa shape index (κ1) is 13.8. The van der Waals surface area contributed by atoms with Gasteiger partial charge in [-0.15, -0.1) is 0 Å². The first-order valence-electron chi connectivity index (χ1n) is 6.83. The number of hydrogen-bond acceptors (Lipinski definition) is 2. The van der Waals surface area contributed by atoms with E-state index >= 15 is 0 Å². The van der Waals surface area contributed by atoms with Crippen LogP contribution in [0.4, 0.5) is 0 Å². The van der Waals surface area contributed by atoms with Crippen LogP contribution in [0.15, 0.2) is 18.2 Å². The fourth-order valence-corrected chi connectivity index (χ4v) is 2.82. The van der Waals surface area contributed by atoms with Gasteiger partial charge in [0.05, 0.1) is 5.92 Å². The van der Waals surface area contributed by atoms with Crippen molar-refractivity contribution in [1.29, 1.82) is 0 Å². The van der Waals surface area contributed by atoms with E-state index in [0.717, 1.165) is 16.7 Å². The maximum absolute atomic E-state index is 12.5. The zero-order valence-corrected chi connectivity index (χ0v) is 11.5. The number of rotatable bonds is 3. The topological polar surface area (TPSA) is 54.4 Å². The second kappa shape index (κ2) is 5.55. The lowest BCUT2D eigenvalue weighted by Gasteiger charge is -2.25. The van der Waals surface area contributed by atoms with Crippen LogP contribution in [0.25, 0.3) is 0 Å². The number of aryl methyl sites for hydroxylation is 2. The van der Waals surface area contributed by atoms with E-state index < -0.39 is 5.97 Å². The Hall–Kier alpha value is -1.64. The molecule has 0 bridgehead atoms. The molecule has 1 aliphatic carbocycles. The lowest BCUT2D eigenvalue weighted by Crippen LogP contribution is -2.26. The highest BCUT2D eigenvalue weighted by atomic mass is 16.4. The molecule has 1 aliphatic rings. The van der Waals surface area contributed by atoms with Crippen molar-refractivity contribution in [2.45, 2.75) is 39.5 Å². The lowest BCUT2D eigenvalue weighted by atomic mass is 9.78. The zero-order chi connectivity index (χ0) is 14.0. The summed E-state index contributed by atoms with van der Waals surface area (Å²) in [7, 11) is 0. The molecule has 0 spiro atoms. The number of carboxylic acids is 1. The number of benzene rings is 1. The number of aliphatic carboxylic acids is 1. The summed E-state index contributed by atoms with van der Waals surface area (Å²) in [5.41, 5.74) is 2.91. The van der Waals surface area contributed by atoms with Crippen LogP contribution in [0.3, 0.4) is 0 Å². The van der Waals surface area contributed by atoms with Gasteiger partial charge in [-0.2, -0.15) is 0 Å². The normalized spacial score (nSPS) is 23.1. The van der Waals surface area contributed by atoms with Gasteiger partial charge in [-0.1, -0.05) is 17.7 Å². The highest BCUT2D eigenvalue weighted by Crippen LogP contribution is 2.31. The van der Waals surface area contributed by atoms with Crippen molar-refractivity contribution in [1.82, 2.24) is 0 Å². The molecule has 1 aromatic carbocycles. The van der Waals surface area contributed by atoms with E-state index in [1.54, 1.807) is 0 Å². The molecule has 0 aromatic heterocycles. The molecule has 0 atom stereocenters. The molecule has 0 saturated heterocycles. The van der Waals surface area contributed by atoms with Crippen LogP contribution in [0.5, 0.6) is 0 Å². The van der Waals surface area contributed by atoms with E-state index in [9.17, 15) is 9.59 Å². The SMILES string of the molecule is Cc1ccc(C)c(C(=O)C2CCC(C(=O)O)CC2)c1. The summed E-state index contributed by atoms with van der Waals surface area (Å²) in [6.45, 7) is 3.94. The summed E-state index contributed by atoms with van der Waals surface area (Å²) in [5.74, 6) is -0.804. The average molecular weight is 260 g/mol. The Morgan fingerprint density at radius 1 is 1.05 bits per heavy atom. The van der Waals surface area contributed by atoms with Gasteiger partial charge in [0.1, 0.15) is 0 Å². The molecule has 2 rings (SSSR count). The van der Waals surface area contributed by atoms with E-state index in [4.69, 9.17) is 5.11 Å². The molecule has 0 heterocycles. The Bertz CT molecular complexity index is 497. The van der Waals surface area contributed by atoms with Crippen LogP contribution in [-0.4, -0.2) is 16.9 Å². The number of Topliss-reactive ketones (excluding diaryl/α,β-unsaturated/α-hetero) is 1. The van der Waals surface area contributed by atoms with Crippen LogP contribution >= 0.6 is 0 Å². The molecule has 1 aromatic rings. The Labute approximate surface area is 113 Å². The number of carboxylic acid groups (broad SMARTS) is 1. The van der Waals surface area contributed by atoms with Gasteiger partial charge < -0.3 is 5.11 Å². The predicted molar refractivity (Wildman–Crippen MR) is 73.3 cm³/mol. The lowest BCUT2D eigenvalue weighted by molar-refractivity contribution is -0.143. The second-order valence-corrected chi connectivity index (χ2v) is 5.57. The van der Waals surface area contributed by atoms with Gasteiger partial charge in [-0.25, -0.2) is 0 Å². The zero-order valence-electron chi connectivity index (χ0n) is 11.5. The van der Waals surface area contributed by atoms with E-state index in [2.05, 4.69) is 0 Å². The number of hydrogen-bond donors (Lipinski definition) is 1. The molecular formula is C16H20O3. The third-order valence-corrected chi connectivity index (χ3v) is 4.11. The van der Waals surface area contributed by atoms with Crippen molar-refractivity contribution >= 4 is 11.8 Å². The maximum Gasteiger partial charge on any atom is 0.306 e. The molecule has 102 valence electrons. The van der Waals surface area contributed by atoms with Crippen LogP contribution < -0.4 is 0 Å². The third kappa shape index (κ3) is 3.03. The van der Waals surface area contributed by atoms with Gasteiger partial charge in [-0.3, -0.25) is 9.59 Å². The Kier molecular flexibility index (Phi) is 4.03. The molecule has 3 nitrogen and oxygen atoms in total. The minimum atomic E-state index is -0.724. The van der Waals surface area contributed by atoms with E-state index in [0.29, 0.717) is 25.7 Å². The summed E-state index contributed by atoms with van der Waals surface area (Å²) in [5, 5.41) is 8.98. The van der Waals surface area contributed by atoms with Gasteiger partial charge in [0.25, 0.3) is 0 Å². The largest absolute Gasteiger partial charge is 0.481 e. The molecular weight excluding hydrogens is 240 g/mol. The molecule has 0 unspecified atom stereocenters. The standard InChI is InChI=1S/C16H20O3/c1-10-3-4-11(2)14(9-10)15(17)12-5-7-13(8-6-12)16(18)19/h3-4,9,12-13H,5-8H2,1-2H3,(H,18,19). The van der Waals surface area contributed by atoms with E-state index in [-0.39, 0.29) is 17.6 Å². The number of carbonyl (C=O) groups excluding carboxylic acids is 1. The molecule has 0 amide bonds. The van der Waals surface area contributed by atoms with Gasteiger partial charge in [-0.05, 0) is 51.2 Å². The van der Waals surface area contributed by atoms with Crippen LogP contribution in [0.2, 0.25) is 0 Å². The monoisotopic (exact) mass is 260 g/mol. The smallest absolute Gasteiger partial charge is 0.306 e. The number of ketones is 1. The molecule has 0 radical (unpaired) electrons. The molecule has 1 fully saturated rings. The van der Waals surface area contributed by atoms with Crippen molar-refractivity contribution in [2.24, 2.45) is 11.8 Å². The van der Waals surface area contributed by atoms with E-state index in [1.807, 2.05) is 32.0 Å². The van der Waals surface area contributed by atoms with Gasteiger partial charge in [0, 0.05) is 11.5 Å². The van der Waals surface area contributed by atoms with Gasteiger partial charge >= 0.3 is 5.97 Å². The second-order valence-electron chi connectivity index (χ2n) is 5.57. The fraction of sp³-hybridized carbons (Fsp3) is 0.500. The van der Waals surface area contributed by atoms with Crippen molar-refractivity contribution < 1.29 is 14.7 Å². The van der Waals surface area contributed by atoms with Crippen molar-refractivity contribution in [3.63, 3.8) is 0 Å². The Balaban J connectivity index is 2.09. The fourth-order valence-electron chi connectivity index (χ4n) is 2.82. The van der Waals surface area contributed by atoms with Crippen molar-refractivity contribution in [3.05, 3.63) is 34.9 Å². The molecule has 1 saturated carbocycles. The first-order valence-corrected chi connectivity index (χ1v) is 6.83. The summed E-state index contributed by atoms with van der Waals surface area (Å²) in [6.07, 6.45) is 2.64. The van der Waals surface area contributed by atoms with Gasteiger partial charge in [0.15, 0.2) is 5.78 Å². The Morgan fingerprint density at radius 2 is 1.63 bits per heavy atom. The Morgan fingerprint density at radius 3 is 2.21 bits per heavy atom. The van der Waals surface area contributed by atoms with Crippen molar-refractivity contribution in [2.75, 3.05) is 0 Å². The summed E-state index contributed by atoms with van der Waals surface area (Å²) in [4.78, 5) is 23.4. The van der Waals surface area contributed by atoms with E-state index in [1.165, 1.54) is 0 Å². The molecule has 19 heavy (non-hydrogen) atoms. The summed E-state index contributed by atoms with van der Waals surface area (Å²) >= 11 is 0. The van der Waals surface area contributed by atoms with Crippen LogP contribution in [0.1, 0.15) is 47.2 Å². The van der Waals surface area contributed by atoms with Crippen LogP contribution in [0, 0.1) is 25.7 Å². The highest BCUT2D eigenvalue weighted by molar-refractivity contribution is 5.99. The van der Waals surface area contributed by atoms with Crippen LogP contribution in [-0.2, 0) is 4.79 Å². The molecule has 1 N–H and O–H groups in total. The molecule has 0 aliphatic heterocycles. The quantitative estimate of drug-likeness (QED) is 0.848. The van der Waals surface area contributed by atoms with Gasteiger partial charge in [0.2, 0.25) is 0 Å². The number of carbonyl (C=O) groups is 2. The minimum absolute atomic E-state index is 0.00361. The summed E-state index contributed by atoms with van der Waals surface area (Å²) in [6, 6.07) is 5.93. The average Bonchev–Trinajstić information content (AvgIpc) is 2.41. The first-order chi connectivity index (χ1) is 8.99. The molecule has 3 heteroatoms. The third-order valence-electron chi connectivity index (χ3n) is 4.11. The highest BCUT2D eigenvalue weighted by Gasteiger charge is 2.30. The van der Waals surface area contributed by atoms with Crippen molar-refractivity contribution in [3.8, 4) is 0 Å². The predicted octanol–water partition coefficient (Wildman–Crippen LogP) is 3.38. The summed E-state index contributed by atoms with van der Waals surface area (Å²) < 4.78 is 0.